The Kier molecular flexibility index (Phi) is 4.68. The van der Waals surface area contributed by atoms with Crippen molar-refractivity contribution in [3.05, 3.63) is 28.4 Å². The Morgan fingerprint density at radius 3 is 2.95 bits per heavy atom. The van der Waals surface area contributed by atoms with E-state index in [0.29, 0.717) is 18.3 Å². The SMILES string of the molecule is CN(CCNc1cccnc1[N+](=O)[O-])C1CCCC1. The maximum atomic E-state index is 10.8. The number of nitrogens with zero attached hydrogens (tertiary/aromatic N) is 3. The summed E-state index contributed by atoms with van der Waals surface area (Å²) in [6.07, 6.45) is 6.61. The van der Waals surface area contributed by atoms with Crippen molar-refractivity contribution in [3.63, 3.8) is 0 Å². The molecular weight excluding hydrogens is 244 g/mol. The molecule has 0 bridgehead atoms. The molecule has 1 aromatic rings. The quantitative estimate of drug-likeness (QED) is 0.630. The van der Waals surface area contributed by atoms with Gasteiger partial charge in [-0.3, -0.25) is 0 Å². The molecule has 1 heterocycles. The van der Waals surface area contributed by atoms with Crippen LogP contribution in [0.25, 0.3) is 0 Å². The Morgan fingerprint density at radius 2 is 2.26 bits per heavy atom. The third-order valence-electron chi connectivity index (χ3n) is 3.69. The molecule has 1 aromatic heterocycles. The van der Waals surface area contributed by atoms with Gasteiger partial charge in [0, 0.05) is 19.1 Å². The number of hydrogen-bond acceptors (Lipinski definition) is 5. The largest absolute Gasteiger partial charge is 0.386 e. The summed E-state index contributed by atoms with van der Waals surface area (Å²) < 4.78 is 0. The number of rotatable bonds is 6. The van der Waals surface area contributed by atoms with Crippen molar-refractivity contribution >= 4 is 11.5 Å². The number of anilines is 1. The number of pyridine rings is 1. The van der Waals surface area contributed by atoms with Crippen molar-refractivity contribution in [1.82, 2.24) is 9.88 Å². The van der Waals surface area contributed by atoms with Crippen molar-refractivity contribution in [3.8, 4) is 0 Å². The first kappa shape index (κ1) is 13.7. The van der Waals surface area contributed by atoms with Crippen LogP contribution in [0, 0.1) is 10.1 Å². The van der Waals surface area contributed by atoms with E-state index in [0.717, 1.165) is 6.54 Å². The first-order valence-corrected chi connectivity index (χ1v) is 6.72. The predicted octanol–water partition coefficient (Wildman–Crippen LogP) is 2.28. The molecule has 1 saturated carbocycles. The molecule has 104 valence electrons. The van der Waals surface area contributed by atoms with Crippen LogP contribution < -0.4 is 5.32 Å². The molecule has 2 rings (SSSR count). The van der Waals surface area contributed by atoms with Crippen LogP contribution in [0.5, 0.6) is 0 Å². The minimum Gasteiger partial charge on any atom is -0.377 e. The fraction of sp³-hybridized carbons (Fsp3) is 0.615. The molecule has 1 aliphatic carbocycles. The smallest absolute Gasteiger partial charge is 0.377 e. The zero-order valence-electron chi connectivity index (χ0n) is 11.2. The average Bonchev–Trinajstić information content (AvgIpc) is 2.93. The van der Waals surface area contributed by atoms with Gasteiger partial charge in [0.05, 0.1) is 0 Å². The average molecular weight is 264 g/mol. The Bertz CT molecular complexity index is 432. The topological polar surface area (TPSA) is 71.3 Å². The van der Waals surface area contributed by atoms with E-state index in [1.165, 1.54) is 31.9 Å². The van der Waals surface area contributed by atoms with Crippen LogP contribution in [0.4, 0.5) is 11.5 Å². The molecule has 1 fully saturated rings. The molecule has 0 amide bonds. The fourth-order valence-corrected chi connectivity index (χ4v) is 2.57. The van der Waals surface area contributed by atoms with Crippen LogP contribution in [0.1, 0.15) is 25.7 Å². The van der Waals surface area contributed by atoms with Crippen LogP contribution in [0.15, 0.2) is 18.3 Å². The van der Waals surface area contributed by atoms with Gasteiger partial charge >= 0.3 is 5.82 Å². The first-order valence-electron chi connectivity index (χ1n) is 6.72. The molecule has 0 aromatic carbocycles. The first-order chi connectivity index (χ1) is 9.18. The normalized spacial score (nSPS) is 15.9. The van der Waals surface area contributed by atoms with E-state index in [9.17, 15) is 10.1 Å². The molecule has 0 aliphatic heterocycles. The van der Waals surface area contributed by atoms with Crippen molar-refractivity contribution in [2.24, 2.45) is 0 Å². The van der Waals surface area contributed by atoms with E-state index in [-0.39, 0.29) is 5.82 Å². The van der Waals surface area contributed by atoms with Gasteiger partial charge in [0.25, 0.3) is 0 Å². The van der Waals surface area contributed by atoms with Gasteiger partial charge in [0.2, 0.25) is 0 Å². The van der Waals surface area contributed by atoms with Gasteiger partial charge in [-0.1, -0.05) is 12.8 Å². The molecule has 6 nitrogen and oxygen atoms in total. The maximum absolute atomic E-state index is 10.8. The zero-order chi connectivity index (χ0) is 13.7. The Hall–Kier alpha value is -1.69. The molecule has 1 aliphatic rings. The minimum absolute atomic E-state index is 0.106. The highest BCUT2D eigenvalue weighted by Gasteiger charge is 2.19. The summed E-state index contributed by atoms with van der Waals surface area (Å²) in [4.78, 5) is 16.5. The molecule has 0 spiro atoms. The monoisotopic (exact) mass is 264 g/mol. The van der Waals surface area contributed by atoms with E-state index < -0.39 is 4.92 Å². The number of nitro groups is 1. The van der Waals surface area contributed by atoms with E-state index in [2.05, 4.69) is 22.2 Å². The summed E-state index contributed by atoms with van der Waals surface area (Å²) in [5.74, 6) is -0.106. The van der Waals surface area contributed by atoms with E-state index in [1.807, 2.05) is 0 Å². The highest BCUT2D eigenvalue weighted by molar-refractivity contribution is 5.56. The summed E-state index contributed by atoms with van der Waals surface area (Å²) in [5, 5.41) is 13.9. The van der Waals surface area contributed by atoms with Crippen LogP contribution in [0.3, 0.4) is 0 Å². The highest BCUT2D eigenvalue weighted by Crippen LogP contribution is 2.22. The summed E-state index contributed by atoms with van der Waals surface area (Å²) in [5.41, 5.74) is 0.493. The van der Waals surface area contributed by atoms with Gasteiger partial charge < -0.3 is 20.3 Å². The molecule has 19 heavy (non-hydrogen) atoms. The second-order valence-electron chi connectivity index (χ2n) is 4.98. The van der Waals surface area contributed by atoms with E-state index >= 15 is 0 Å². The van der Waals surface area contributed by atoms with Gasteiger partial charge in [0.1, 0.15) is 11.9 Å². The Morgan fingerprint density at radius 1 is 1.53 bits per heavy atom. The van der Waals surface area contributed by atoms with Gasteiger partial charge in [0.15, 0.2) is 0 Å². The summed E-state index contributed by atoms with van der Waals surface area (Å²) in [6, 6.07) is 4.07. The van der Waals surface area contributed by atoms with Crippen molar-refractivity contribution < 1.29 is 4.92 Å². The molecule has 0 unspecified atom stereocenters. The lowest BCUT2D eigenvalue weighted by atomic mass is 10.2. The number of likely N-dealkylation sites (N-methyl/N-ethyl adjacent to an activating group) is 1. The number of nitrogens with one attached hydrogen (secondary N) is 1. The van der Waals surface area contributed by atoms with Gasteiger partial charge in [-0.25, -0.2) is 0 Å². The van der Waals surface area contributed by atoms with Crippen molar-refractivity contribution in [1.29, 1.82) is 0 Å². The van der Waals surface area contributed by atoms with Crippen LogP contribution in [0.2, 0.25) is 0 Å². The van der Waals surface area contributed by atoms with Crippen LogP contribution in [-0.4, -0.2) is 41.0 Å². The summed E-state index contributed by atoms with van der Waals surface area (Å²) in [7, 11) is 2.12. The van der Waals surface area contributed by atoms with Crippen LogP contribution >= 0.6 is 0 Å². The minimum atomic E-state index is -0.455. The lowest BCUT2D eigenvalue weighted by Crippen LogP contribution is -2.33. The standard InChI is InChI=1S/C13H20N4O2/c1-16(11-5-2-3-6-11)10-9-14-12-7-4-8-15-13(12)17(18)19/h4,7-8,11,14H,2-3,5-6,9-10H2,1H3. The van der Waals surface area contributed by atoms with Crippen LogP contribution in [-0.2, 0) is 0 Å². The zero-order valence-corrected chi connectivity index (χ0v) is 11.2. The maximum Gasteiger partial charge on any atom is 0.386 e. The number of aromatic nitrogens is 1. The Labute approximate surface area is 113 Å². The molecule has 6 heteroatoms. The molecule has 0 radical (unpaired) electrons. The third kappa shape index (κ3) is 3.64. The molecule has 1 N–H and O–H groups in total. The fourth-order valence-electron chi connectivity index (χ4n) is 2.57. The summed E-state index contributed by atoms with van der Waals surface area (Å²) in [6.45, 7) is 1.58. The van der Waals surface area contributed by atoms with E-state index in [1.54, 1.807) is 12.1 Å². The highest BCUT2D eigenvalue weighted by atomic mass is 16.6. The van der Waals surface area contributed by atoms with E-state index in [4.69, 9.17) is 0 Å². The van der Waals surface area contributed by atoms with Gasteiger partial charge in [-0.15, -0.1) is 0 Å². The molecular formula is C13H20N4O2. The lowest BCUT2D eigenvalue weighted by molar-refractivity contribution is -0.388. The van der Waals surface area contributed by atoms with Gasteiger partial charge in [-0.05, 0) is 41.9 Å². The predicted molar refractivity (Wildman–Crippen MR) is 74.3 cm³/mol. The molecule has 0 saturated heterocycles. The van der Waals surface area contributed by atoms with Crippen molar-refractivity contribution in [2.45, 2.75) is 31.7 Å². The van der Waals surface area contributed by atoms with Crippen molar-refractivity contribution in [2.75, 3.05) is 25.5 Å². The van der Waals surface area contributed by atoms with Gasteiger partial charge in [-0.2, -0.15) is 0 Å². The number of hydrogen-bond donors (Lipinski definition) is 1. The summed E-state index contributed by atoms with van der Waals surface area (Å²) >= 11 is 0. The second-order valence-corrected chi connectivity index (χ2v) is 4.98. The Balaban J connectivity index is 1.83. The lowest BCUT2D eigenvalue weighted by Gasteiger charge is -2.24. The second kappa shape index (κ2) is 6.47. The third-order valence-corrected chi connectivity index (χ3v) is 3.69. The molecule has 0 atom stereocenters.